The predicted octanol–water partition coefficient (Wildman–Crippen LogP) is 3.61. The third-order valence-electron chi connectivity index (χ3n) is 5.57. The van der Waals surface area contributed by atoms with Crippen LogP contribution in [0.3, 0.4) is 0 Å². The van der Waals surface area contributed by atoms with Crippen LogP contribution in [0.25, 0.3) is 0 Å². The Labute approximate surface area is 159 Å². The molecule has 3 amide bonds. The lowest BCUT2D eigenvalue weighted by atomic mass is 9.95. The second-order valence-corrected chi connectivity index (χ2v) is 7.37. The zero-order chi connectivity index (χ0) is 19.3. The van der Waals surface area contributed by atoms with Gasteiger partial charge in [0.05, 0.1) is 23.9 Å². The van der Waals surface area contributed by atoms with Gasteiger partial charge in [0.25, 0.3) is 5.91 Å². The van der Waals surface area contributed by atoms with Gasteiger partial charge in [-0.25, -0.2) is 4.79 Å². The summed E-state index contributed by atoms with van der Waals surface area (Å²) in [4.78, 5) is 29.1. The molecule has 27 heavy (non-hydrogen) atoms. The zero-order valence-corrected chi connectivity index (χ0v) is 16.0. The number of nitrogens with one attached hydrogen (secondary N) is 1. The fourth-order valence-electron chi connectivity index (χ4n) is 3.68. The van der Waals surface area contributed by atoms with E-state index in [1.165, 1.54) is 5.56 Å². The molecule has 0 saturated carbocycles. The lowest BCUT2D eigenvalue weighted by molar-refractivity contribution is -0.114. The minimum absolute atomic E-state index is 0.0503. The Kier molecular flexibility index (Phi) is 4.02. The molecular formula is C22H23N3O2. The number of rotatable bonds is 2. The van der Waals surface area contributed by atoms with Crippen LogP contribution in [-0.4, -0.2) is 30.4 Å². The van der Waals surface area contributed by atoms with E-state index in [1.54, 1.807) is 16.8 Å². The summed E-state index contributed by atoms with van der Waals surface area (Å²) >= 11 is 0. The third kappa shape index (κ3) is 2.79. The first-order chi connectivity index (χ1) is 12.9. The number of aryl methyl sites for hydroxylation is 3. The average molecular weight is 361 g/mol. The number of urea groups is 1. The quantitative estimate of drug-likeness (QED) is 0.888. The van der Waals surface area contributed by atoms with Crippen molar-refractivity contribution in [2.75, 3.05) is 18.5 Å². The smallest absolute Gasteiger partial charge is 0.322 e. The summed E-state index contributed by atoms with van der Waals surface area (Å²) in [6.45, 7) is 6.52. The van der Waals surface area contributed by atoms with E-state index in [1.807, 2.05) is 56.3 Å². The maximum atomic E-state index is 13.3. The summed E-state index contributed by atoms with van der Waals surface area (Å²) in [5.74, 6) is -0.0503. The minimum Gasteiger partial charge on any atom is -0.327 e. The van der Waals surface area contributed by atoms with Crippen molar-refractivity contribution in [1.29, 1.82) is 0 Å². The molecule has 4 rings (SSSR count). The van der Waals surface area contributed by atoms with E-state index < -0.39 is 6.04 Å². The van der Waals surface area contributed by atoms with Crippen molar-refractivity contribution in [3.05, 3.63) is 76.0 Å². The monoisotopic (exact) mass is 361 g/mol. The topological polar surface area (TPSA) is 52.7 Å². The van der Waals surface area contributed by atoms with E-state index in [9.17, 15) is 9.59 Å². The average Bonchev–Trinajstić information content (AvgIpc) is 2.99. The van der Waals surface area contributed by atoms with Gasteiger partial charge >= 0.3 is 6.03 Å². The van der Waals surface area contributed by atoms with Crippen molar-refractivity contribution < 1.29 is 9.59 Å². The van der Waals surface area contributed by atoms with Crippen LogP contribution < -0.4 is 10.2 Å². The summed E-state index contributed by atoms with van der Waals surface area (Å²) in [6, 6.07) is 13.4. The van der Waals surface area contributed by atoms with Gasteiger partial charge in [0, 0.05) is 12.7 Å². The van der Waals surface area contributed by atoms with Crippen molar-refractivity contribution in [2.24, 2.45) is 0 Å². The van der Waals surface area contributed by atoms with Gasteiger partial charge in [-0.15, -0.1) is 0 Å². The van der Waals surface area contributed by atoms with E-state index in [2.05, 4.69) is 12.2 Å². The van der Waals surface area contributed by atoms with Gasteiger partial charge < -0.3 is 10.2 Å². The van der Waals surface area contributed by atoms with Crippen molar-refractivity contribution >= 4 is 17.6 Å². The molecule has 0 unspecified atom stereocenters. The fourth-order valence-corrected chi connectivity index (χ4v) is 3.68. The lowest BCUT2D eigenvalue weighted by Gasteiger charge is -2.31. The highest BCUT2D eigenvalue weighted by Gasteiger charge is 2.43. The molecule has 1 N–H and O–H groups in total. The Morgan fingerprint density at radius 2 is 1.67 bits per heavy atom. The number of hydrogen-bond donors (Lipinski definition) is 1. The van der Waals surface area contributed by atoms with Crippen molar-refractivity contribution in [1.82, 2.24) is 10.2 Å². The highest BCUT2D eigenvalue weighted by molar-refractivity contribution is 6.11. The number of amides is 3. The molecule has 0 aliphatic carbocycles. The summed E-state index contributed by atoms with van der Waals surface area (Å²) in [5, 5.41) is 2.98. The molecular weight excluding hydrogens is 338 g/mol. The van der Waals surface area contributed by atoms with Crippen molar-refractivity contribution in [2.45, 2.75) is 26.8 Å². The Morgan fingerprint density at radius 3 is 2.33 bits per heavy atom. The van der Waals surface area contributed by atoms with Gasteiger partial charge in [-0.3, -0.25) is 9.69 Å². The molecule has 5 heteroatoms. The van der Waals surface area contributed by atoms with Gasteiger partial charge in [0.15, 0.2) is 0 Å². The van der Waals surface area contributed by atoms with Crippen LogP contribution in [0, 0.1) is 20.8 Å². The van der Waals surface area contributed by atoms with Crippen LogP contribution in [0.4, 0.5) is 10.5 Å². The predicted molar refractivity (Wildman–Crippen MR) is 106 cm³/mol. The number of likely N-dealkylation sites (N-methyl/N-ethyl adjacent to an activating group) is 1. The van der Waals surface area contributed by atoms with Gasteiger partial charge in [0.2, 0.25) is 0 Å². The normalized spacial score (nSPS) is 19.5. The molecule has 1 atom stereocenters. The Bertz CT molecular complexity index is 976. The molecule has 2 aromatic rings. The number of nitrogens with zero attached hydrogens (tertiary/aromatic N) is 2. The number of benzene rings is 2. The molecule has 0 radical (unpaired) electrons. The Balaban J connectivity index is 1.76. The number of carbonyl (C=O) groups excluding carboxylic acids is 2. The largest absolute Gasteiger partial charge is 0.327 e. The molecule has 2 aromatic carbocycles. The maximum Gasteiger partial charge on any atom is 0.322 e. The van der Waals surface area contributed by atoms with Crippen LogP contribution in [0.15, 0.2) is 53.7 Å². The maximum absolute atomic E-state index is 13.3. The molecule has 0 spiro atoms. The second-order valence-electron chi connectivity index (χ2n) is 7.37. The first kappa shape index (κ1) is 17.3. The van der Waals surface area contributed by atoms with Crippen molar-refractivity contribution in [3.8, 4) is 0 Å². The fraction of sp³-hybridized carbons (Fsp3) is 0.273. The van der Waals surface area contributed by atoms with Crippen LogP contribution >= 0.6 is 0 Å². The molecule has 0 saturated heterocycles. The number of anilines is 1. The van der Waals surface area contributed by atoms with Crippen LogP contribution in [-0.2, 0) is 4.79 Å². The van der Waals surface area contributed by atoms with E-state index in [0.717, 1.165) is 28.1 Å². The third-order valence-corrected chi connectivity index (χ3v) is 5.57. The van der Waals surface area contributed by atoms with Gasteiger partial charge in [-0.05, 0) is 49.6 Å². The number of carbonyl (C=O) groups is 2. The van der Waals surface area contributed by atoms with Gasteiger partial charge in [-0.2, -0.15) is 0 Å². The lowest BCUT2D eigenvalue weighted by Crippen LogP contribution is -2.45. The summed E-state index contributed by atoms with van der Waals surface area (Å²) in [7, 11) is 1.72. The van der Waals surface area contributed by atoms with Crippen LogP contribution in [0.5, 0.6) is 0 Å². The standard InChI is InChI=1S/C22H23N3O2/c1-13-5-8-16(9-6-13)20-19-18(24(4)22(27)23-20)12-25(21(19)26)17-10-7-14(2)15(3)11-17/h5-11,20H,12H2,1-4H3,(H,23,27)/t20-/m1/s1. The zero-order valence-electron chi connectivity index (χ0n) is 16.0. The van der Waals surface area contributed by atoms with E-state index in [-0.39, 0.29) is 11.9 Å². The molecule has 0 aromatic heterocycles. The Morgan fingerprint density at radius 1 is 0.963 bits per heavy atom. The molecule has 2 heterocycles. The first-order valence-corrected chi connectivity index (χ1v) is 9.10. The molecule has 2 aliphatic heterocycles. The number of hydrogen-bond acceptors (Lipinski definition) is 2. The second kappa shape index (κ2) is 6.27. The highest BCUT2D eigenvalue weighted by Crippen LogP contribution is 2.37. The first-order valence-electron chi connectivity index (χ1n) is 9.10. The Hall–Kier alpha value is -3.08. The SMILES string of the molecule is Cc1ccc([C@H]2NC(=O)N(C)C3=C2C(=O)N(c2ccc(C)c(C)c2)C3)cc1. The van der Waals surface area contributed by atoms with Crippen LogP contribution in [0.1, 0.15) is 28.3 Å². The molecule has 0 bridgehead atoms. The molecule has 138 valence electrons. The van der Waals surface area contributed by atoms with Crippen LogP contribution in [0.2, 0.25) is 0 Å². The van der Waals surface area contributed by atoms with E-state index >= 15 is 0 Å². The van der Waals surface area contributed by atoms with Gasteiger partial charge in [0.1, 0.15) is 0 Å². The van der Waals surface area contributed by atoms with Gasteiger partial charge in [-0.1, -0.05) is 35.9 Å². The summed E-state index contributed by atoms with van der Waals surface area (Å²) < 4.78 is 0. The molecule has 0 fully saturated rings. The van der Waals surface area contributed by atoms with E-state index in [0.29, 0.717) is 12.1 Å². The van der Waals surface area contributed by atoms with E-state index in [4.69, 9.17) is 0 Å². The summed E-state index contributed by atoms with van der Waals surface area (Å²) in [5.41, 5.74) is 6.68. The van der Waals surface area contributed by atoms with Crippen molar-refractivity contribution in [3.63, 3.8) is 0 Å². The highest BCUT2D eigenvalue weighted by atomic mass is 16.2. The summed E-state index contributed by atoms with van der Waals surface area (Å²) in [6.07, 6.45) is 0. The minimum atomic E-state index is -0.423. The molecule has 5 nitrogen and oxygen atoms in total. The molecule has 2 aliphatic rings.